The Hall–Kier alpha value is -2.90. The molecule has 1 N–H and O–H groups in total. The molecule has 0 saturated carbocycles. The molecular formula is C18H22N6O2. The van der Waals surface area contributed by atoms with Gasteiger partial charge in [-0.2, -0.15) is 5.10 Å². The Bertz CT molecular complexity index is 935. The number of aromatic amines is 1. The molecule has 0 unspecified atom stereocenters. The SMILES string of the molecule is Cc1ccc(-c2cc(C(=O)N3CCc4nnc(C(C)C)n4CC3)n[nH]2)o1. The fraction of sp³-hybridized carbons (Fsp3) is 0.444. The van der Waals surface area contributed by atoms with Gasteiger partial charge in [0, 0.05) is 38.0 Å². The van der Waals surface area contributed by atoms with E-state index in [1.54, 1.807) is 6.07 Å². The molecule has 1 amide bonds. The van der Waals surface area contributed by atoms with Crippen LogP contribution < -0.4 is 0 Å². The van der Waals surface area contributed by atoms with Gasteiger partial charge in [-0.25, -0.2) is 0 Å². The number of hydrogen-bond donors (Lipinski definition) is 1. The summed E-state index contributed by atoms with van der Waals surface area (Å²) in [4.78, 5) is 14.7. The van der Waals surface area contributed by atoms with Crippen molar-refractivity contribution in [2.45, 2.75) is 39.7 Å². The van der Waals surface area contributed by atoms with Gasteiger partial charge in [0.25, 0.3) is 5.91 Å². The summed E-state index contributed by atoms with van der Waals surface area (Å²) >= 11 is 0. The third kappa shape index (κ3) is 2.91. The Balaban J connectivity index is 1.50. The van der Waals surface area contributed by atoms with E-state index in [0.717, 1.165) is 17.4 Å². The van der Waals surface area contributed by atoms with Crippen molar-refractivity contribution in [2.75, 3.05) is 13.1 Å². The van der Waals surface area contributed by atoms with Crippen molar-refractivity contribution < 1.29 is 9.21 Å². The van der Waals surface area contributed by atoms with E-state index in [2.05, 4.69) is 38.8 Å². The molecule has 0 bridgehead atoms. The summed E-state index contributed by atoms with van der Waals surface area (Å²) in [6.45, 7) is 8.02. The highest BCUT2D eigenvalue weighted by Gasteiger charge is 2.25. The van der Waals surface area contributed by atoms with Gasteiger partial charge in [0.05, 0.1) is 0 Å². The summed E-state index contributed by atoms with van der Waals surface area (Å²) in [7, 11) is 0. The lowest BCUT2D eigenvalue weighted by molar-refractivity contribution is 0.0752. The number of carbonyl (C=O) groups excluding carboxylic acids is 1. The monoisotopic (exact) mass is 354 g/mol. The Morgan fingerprint density at radius 3 is 2.81 bits per heavy atom. The summed E-state index contributed by atoms with van der Waals surface area (Å²) < 4.78 is 7.72. The number of nitrogens with one attached hydrogen (secondary N) is 1. The van der Waals surface area contributed by atoms with E-state index in [4.69, 9.17) is 4.42 Å². The zero-order chi connectivity index (χ0) is 18.3. The van der Waals surface area contributed by atoms with Crippen LogP contribution in [0.4, 0.5) is 0 Å². The van der Waals surface area contributed by atoms with Gasteiger partial charge in [-0.15, -0.1) is 10.2 Å². The lowest BCUT2D eigenvalue weighted by atomic mass is 10.2. The zero-order valence-corrected chi connectivity index (χ0v) is 15.2. The number of amides is 1. The van der Waals surface area contributed by atoms with E-state index in [1.165, 1.54) is 0 Å². The maximum absolute atomic E-state index is 12.9. The van der Waals surface area contributed by atoms with Crippen LogP contribution in [0, 0.1) is 6.92 Å². The number of aryl methyl sites for hydroxylation is 1. The molecule has 0 radical (unpaired) electrons. The largest absolute Gasteiger partial charge is 0.460 e. The van der Waals surface area contributed by atoms with Crippen LogP contribution in [0.25, 0.3) is 11.5 Å². The Labute approximate surface area is 151 Å². The van der Waals surface area contributed by atoms with Gasteiger partial charge in [0.2, 0.25) is 0 Å². The van der Waals surface area contributed by atoms with Crippen LogP contribution in [0.1, 0.15) is 47.7 Å². The highest BCUT2D eigenvalue weighted by Crippen LogP contribution is 2.22. The van der Waals surface area contributed by atoms with Crippen molar-refractivity contribution in [1.82, 2.24) is 29.9 Å². The van der Waals surface area contributed by atoms with Crippen LogP contribution in [0.3, 0.4) is 0 Å². The smallest absolute Gasteiger partial charge is 0.274 e. The predicted octanol–water partition coefficient (Wildman–Crippen LogP) is 2.39. The third-order valence-corrected chi connectivity index (χ3v) is 4.66. The molecule has 3 aromatic heterocycles. The van der Waals surface area contributed by atoms with Crippen molar-refractivity contribution in [3.05, 3.63) is 41.3 Å². The molecule has 0 spiro atoms. The van der Waals surface area contributed by atoms with Crippen LogP contribution in [-0.4, -0.2) is 48.9 Å². The molecule has 1 aliphatic rings. The molecular weight excluding hydrogens is 332 g/mol. The minimum atomic E-state index is -0.0828. The van der Waals surface area contributed by atoms with Crippen molar-refractivity contribution in [2.24, 2.45) is 0 Å². The molecule has 8 heteroatoms. The van der Waals surface area contributed by atoms with Crippen LogP contribution >= 0.6 is 0 Å². The number of furan rings is 1. The quantitative estimate of drug-likeness (QED) is 0.779. The minimum Gasteiger partial charge on any atom is -0.460 e. The molecule has 0 aliphatic carbocycles. The van der Waals surface area contributed by atoms with Gasteiger partial charge in [-0.1, -0.05) is 13.8 Å². The second-order valence-electron chi connectivity index (χ2n) is 6.90. The first kappa shape index (κ1) is 16.6. The topological polar surface area (TPSA) is 92.8 Å². The summed E-state index contributed by atoms with van der Waals surface area (Å²) in [6, 6.07) is 5.49. The maximum Gasteiger partial charge on any atom is 0.274 e. The van der Waals surface area contributed by atoms with E-state index in [-0.39, 0.29) is 5.91 Å². The number of hydrogen-bond acceptors (Lipinski definition) is 5. The Kier molecular flexibility index (Phi) is 4.10. The molecule has 1 aliphatic heterocycles. The van der Waals surface area contributed by atoms with Gasteiger partial charge in [-0.3, -0.25) is 9.89 Å². The van der Waals surface area contributed by atoms with E-state index < -0.39 is 0 Å². The Morgan fingerprint density at radius 2 is 2.08 bits per heavy atom. The molecule has 4 heterocycles. The van der Waals surface area contributed by atoms with Gasteiger partial charge in [0.1, 0.15) is 23.1 Å². The minimum absolute atomic E-state index is 0.0828. The van der Waals surface area contributed by atoms with Gasteiger partial charge in [0.15, 0.2) is 11.5 Å². The molecule has 136 valence electrons. The molecule has 0 atom stereocenters. The van der Waals surface area contributed by atoms with Crippen LogP contribution in [0.15, 0.2) is 22.6 Å². The average molecular weight is 354 g/mol. The number of fused-ring (bicyclic) bond motifs is 1. The van der Waals surface area contributed by atoms with Gasteiger partial charge in [-0.05, 0) is 19.1 Å². The number of aromatic nitrogens is 5. The summed E-state index contributed by atoms with van der Waals surface area (Å²) in [5.74, 6) is 3.64. The van der Waals surface area contributed by atoms with Crippen LogP contribution in [0.5, 0.6) is 0 Å². The van der Waals surface area contributed by atoms with E-state index in [0.29, 0.717) is 49.1 Å². The fourth-order valence-electron chi connectivity index (χ4n) is 3.27. The number of H-pyrrole nitrogens is 1. The lowest BCUT2D eigenvalue weighted by Crippen LogP contribution is -2.34. The number of carbonyl (C=O) groups is 1. The highest BCUT2D eigenvalue weighted by molar-refractivity contribution is 5.93. The van der Waals surface area contributed by atoms with E-state index in [9.17, 15) is 4.79 Å². The van der Waals surface area contributed by atoms with Crippen molar-refractivity contribution in [3.8, 4) is 11.5 Å². The third-order valence-electron chi connectivity index (χ3n) is 4.66. The van der Waals surface area contributed by atoms with Crippen LogP contribution in [0.2, 0.25) is 0 Å². The van der Waals surface area contributed by atoms with Gasteiger partial charge >= 0.3 is 0 Å². The summed E-state index contributed by atoms with van der Waals surface area (Å²) in [5, 5.41) is 15.6. The fourth-order valence-corrected chi connectivity index (χ4v) is 3.27. The lowest BCUT2D eigenvalue weighted by Gasteiger charge is -2.19. The molecule has 8 nitrogen and oxygen atoms in total. The number of rotatable bonds is 3. The zero-order valence-electron chi connectivity index (χ0n) is 15.2. The van der Waals surface area contributed by atoms with Crippen molar-refractivity contribution in [1.29, 1.82) is 0 Å². The standard InChI is InChI=1S/C18H22N6O2/c1-11(2)17-22-21-16-6-7-23(8-9-24(16)17)18(25)14-10-13(19-20-14)15-5-4-12(3)26-15/h4-5,10-11H,6-9H2,1-3H3,(H,19,20). The molecule has 0 aromatic carbocycles. The normalized spacial score (nSPS) is 14.5. The average Bonchev–Trinajstić information content (AvgIpc) is 3.31. The number of nitrogens with zero attached hydrogens (tertiary/aromatic N) is 5. The van der Waals surface area contributed by atoms with Gasteiger partial charge < -0.3 is 13.9 Å². The molecule has 0 fully saturated rings. The molecule has 26 heavy (non-hydrogen) atoms. The first-order valence-corrected chi connectivity index (χ1v) is 8.86. The second kappa shape index (κ2) is 6.44. The first-order valence-electron chi connectivity index (χ1n) is 8.86. The van der Waals surface area contributed by atoms with Crippen LogP contribution in [-0.2, 0) is 13.0 Å². The predicted molar refractivity (Wildman–Crippen MR) is 94.7 cm³/mol. The molecule has 0 saturated heterocycles. The first-order chi connectivity index (χ1) is 12.5. The van der Waals surface area contributed by atoms with E-state index >= 15 is 0 Å². The van der Waals surface area contributed by atoms with Crippen molar-refractivity contribution in [3.63, 3.8) is 0 Å². The van der Waals surface area contributed by atoms with E-state index in [1.807, 2.05) is 24.0 Å². The Morgan fingerprint density at radius 1 is 1.23 bits per heavy atom. The maximum atomic E-state index is 12.9. The van der Waals surface area contributed by atoms with Crippen molar-refractivity contribution >= 4 is 5.91 Å². The molecule has 3 aromatic rings. The highest BCUT2D eigenvalue weighted by atomic mass is 16.3. The summed E-state index contributed by atoms with van der Waals surface area (Å²) in [6.07, 6.45) is 0.695. The summed E-state index contributed by atoms with van der Waals surface area (Å²) in [5.41, 5.74) is 1.10. The molecule has 4 rings (SSSR count). The second-order valence-corrected chi connectivity index (χ2v) is 6.90.